The monoisotopic (exact) mass is 366 g/mol. The number of hydrogen-bond acceptors (Lipinski definition) is 3. The van der Waals surface area contributed by atoms with Crippen LogP contribution in [0.5, 0.6) is 0 Å². The number of nitriles is 1. The molecule has 5 heteroatoms. The van der Waals surface area contributed by atoms with Crippen molar-refractivity contribution in [3.63, 3.8) is 0 Å². The maximum absolute atomic E-state index is 9.39. The van der Waals surface area contributed by atoms with Gasteiger partial charge in [0.2, 0.25) is 0 Å². The first kappa shape index (κ1) is 15.2. The largest absolute Gasteiger partial charge is 0.353 e. The summed E-state index contributed by atoms with van der Waals surface area (Å²) in [4.78, 5) is 0.984. The summed E-state index contributed by atoms with van der Waals surface area (Å²) in [5.74, 6) is 0.930. The van der Waals surface area contributed by atoms with E-state index >= 15 is 0 Å². The van der Waals surface area contributed by atoms with Crippen LogP contribution in [0.25, 0.3) is 0 Å². The number of halogens is 2. The molecule has 0 aliphatic heterocycles. The van der Waals surface area contributed by atoms with Gasteiger partial charge in [0.15, 0.2) is 0 Å². The van der Waals surface area contributed by atoms with Gasteiger partial charge in [0, 0.05) is 14.4 Å². The van der Waals surface area contributed by atoms with Crippen LogP contribution in [0, 0.1) is 11.3 Å². The highest BCUT2D eigenvalue weighted by Crippen LogP contribution is 2.33. The third kappa shape index (κ3) is 3.49. The molecule has 0 spiro atoms. The Morgan fingerprint density at radius 1 is 1.30 bits per heavy atom. The molecule has 0 aliphatic rings. The molecule has 2 rings (SSSR count). The zero-order valence-corrected chi connectivity index (χ0v) is 13.9. The highest BCUT2D eigenvalue weighted by Gasteiger charge is 2.09. The van der Waals surface area contributed by atoms with Crippen LogP contribution in [-0.2, 0) is 0 Å². The highest BCUT2D eigenvalue weighted by atomic mass is 79.9. The molecule has 2 aromatic rings. The minimum atomic E-state index is 0.647. The van der Waals surface area contributed by atoms with Crippen molar-refractivity contribution < 1.29 is 0 Å². The van der Waals surface area contributed by atoms with Gasteiger partial charge < -0.3 is 5.32 Å². The maximum Gasteiger partial charge on any atom is 0.103 e. The lowest BCUT2D eigenvalue weighted by Crippen LogP contribution is -1.96. The standard InChI is InChI=1S/C15H12BrClN2S/c1-2-20-15-5-3-4-13(11(15)9-18)19-14-8-10(17)6-7-12(14)16/h3-8,19H,2H2,1H3. The van der Waals surface area contributed by atoms with E-state index in [1.807, 2.05) is 36.4 Å². The molecule has 0 atom stereocenters. The zero-order valence-electron chi connectivity index (χ0n) is 10.8. The number of hydrogen-bond donors (Lipinski definition) is 1. The minimum absolute atomic E-state index is 0.647. The Morgan fingerprint density at radius 3 is 2.80 bits per heavy atom. The number of rotatable bonds is 4. The lowest BCUT2D eigenvalue weighted by atomic mass is 10.2. The Balaban J connectivity index is 2.41. The van der Waals surface area contributed by atoms with E-state index in [1.54, 1.807) is 11.8 Å². The molecular formula is C15H12BrClN2S. The van der Waals surface area contributed by atoms with Crippen LogP contribution in [0.1, 0.15) is 12.5 Å². The molecule has 20 heavy (non-hydrogen) atoms. The first-order valence-corrected chi connectivity index (χ1v) is 8.19. The van der Waals surface area contributed by atoms with Crippen molar-refractivity contribution in [1.29, 1.82) is 5.26 Å². The Kier molecular flexibility index (Phi) is 5.36. The van der Waals surface area contributed by atoms with Gasteiger partial charge >= 0.3 is 0 Å². The summed E-state index contributed by atoms with van der Waals surface area (Å²) in [6.07, 6.45) is 0. The van der Waals surface area contributed by atoms with Gasteiger partial charge in [0.25, 0.3) is 0 Å². The lowest BCUT2D eigenvalue weighted by Gasteiger charge is -2.12. The average molecular weight is 368 g/mol. The Bertz CT molecular complexity index is 667. The van der Waals surface area contributed by atoms with Crippen LogP contribution in [0.15, 0.2) is 45.8 Å². The SMILES string of the molecule is CCSc1cccc(Nc2cc(Cl)ccc2Br)c1C#N. The van der Waals surface area contributed by atoms with Crippen LogP contribution in [0.4, 0.5) is 11.4 Å². The number of nitrogens with zero attached hydrogens (tertiary/aromatic N) is 1. The molecule has 0 saturated carbocycles. The van der Waals surface area contributed by atoms with E-state index in [1.165, 1.54) is 0 Å². The summed E-state index contributed by atoms with van der Waals surface area (Å²) in [5.41, 5.74) is 2.28. The molecule has 2 nitrogen and oxygen atoms in total. The van der Waals surface area contributed by atoms with Crippen molar-refractivity contribution in [3.8, 4) is 6.07 Å². The quantitative estimate of drug-likeness (QED) is 0.691. The molecule has 0 heterocycles. The molecule has 0 unspecified atom stereocenters. The molecular weight excluding hydrogens is 356 g/mol. The van der Waals surface area contributed by atoms with Crippen molar-refractivity contribution in [1.82, 2.24) is 0 Å². The van der Waals surface area contributed by atoms with E-state index < -0.39 is 0 Å². The van der Waals surface area contributed by atoms with E-state index in [-0.39, 0.29) is 0 Å². The van der Waals surface area contributed by atoms with Crippen LogP contribution in [0.3, 0.4) is 0 Å². The molecule has 2 aromatic carbocycles. The van der Waals surface area contributed by atoms with Crippen molar-refractivity contribution in [3.05, 3.63) is 51.5 Å². The van der Waals surface area contributed by atoms with Crippen LogP contribution in [-0.4, -0.2) is 5.75 Å². The summed E-state index contributed by atoms with van der Waals surface area (Å²) in [6, 6.07) is 13.6. The van der Waals surface area contributed by atoms with Crippen molar-refractivity contribution in [2.75, 3.05) is 11.1 Å². The molecule has 0 bridgehead atoms. The topological polar surface area (TPSA) is 35.8 Å². The fraction of sp³-hybridized carbons (Fsp3) is 0.133. The molecule has 0 aliphatic carbocycles. The van der Waals surface area contributed by atoms with Gasteiger partial charge in [-0.3, -0.25) is 0 Å². The summed E-state index contributed by atoms with van der Waals surface area (Å²) < 4.78 is 0.902. The summed E-state index contributed by atoms with van der Waals surface area (Å²) in [6.45, 7) is 2.07. The van der Waals surface area contributed by atoms with Gasteiger partial charge in [-0.1, -0.05) is 24.6 Å². The van der Waals surface area contributed by atoms with E-state index in [4.69, 9.17) is 11.6 Å². The van der Waals surface area contributed by atoms with Gasteiger partial charge in [-0.05, 0) is 52.0 Å². The Morgan fingerprint density at radius 2 is 2.10 bits per heavy atom. The molecule has 0 radical (unpaired) electrons. The smallest absolute Gasteiger partial charge is 0.103 e. The second-order valence-electron chi connectivity index (χ2n) is 3.97. The summed E-state index contributed by atoms with van der Waals surface area (Å²) >= 11 is 11.1. The summed E-state index contributed by atoms with van der Waals surface area (Å²) in [7, 11) is 0. The summed E-state index contributed by atoms with van der Waals surface area (Å²) in [5, 5.41) is 13.3. The first-order valence-electron chi connectivity index (χ1n) is 6.03. The second-order valence-corrected chi connectivity index (χ2v) is 6.57. The number of thioether (sulfide) groups is 1. The van der Waals surface area contributed by atoms with E-state index in [2.05, 4.69) is 34.2 Å². The third-order valence-corrected chi connectivity index (χ3v) is 4.50. The van der Waals surface area contributed by atoms with Gasteiger partial charge in [-0.15, -0.1) is 11.8 Å². The number of anilines is 2. The molecule has 0 fully saturated rings. The van der Waals surface area contributed by atoms with Gasteiger partial charge in [-0.2, -0.15) is 5.26 Å². The van der Waals surface area contributed by atoms with Gasteiger partial charge in [0.1, 0.15) is 6.07 Å². The predicted molar refractivity (Wildman–Crippen MR) is 90.0 cm³/mol. The van der Waals surface area contributed by atoms with Gasteiger partial charge in [0.05, 0.1) is 16.9 Å². The molecule has 1 N–H and O–H groups in total. The minimum Gasteiger partial charge on any atom is -0.353 e. The van der Waals surface area contributed by atoms with Crippen LogP contribution in [0.2, 0.25) is 5.02 Å². The fourth-order valence-electron chi connectivity index (χ4n) is 1.76. The number of benzene rings is 2. The van der Waals surface area contributed by atoms with Crippen molar-refractivity contribution >= 4 is 50.7 Å². The van der Waals surface area contributed by atoms with E-state index in [0.29, 0.717) is 10.6 Å². The second kappa shape index (κ2) is 7.03. The van der Waals surface area contributed by atoms with Crippen LogP contribution < -0.4 is 5.32 Å². The zero-order chi connectivity index (χ0) is 14.5. The third-order valence-electron chi connectivity index (χ3n) is 2.64. The average Bonchev–Trinajstić information content (AvgIpc) is 2.43. The Hall–Kier alpha value is -1.15. The molecule has 102 valence electrons. The van der Waals surface area contributed by atoms with E-state index in [0.717, 1.165) is 26.5 Å². The van der Waals surface area contributed by atoms with Crippen molar-refractivity contribution in [2.45, 2.75) is 11.8 Å². The first-order chi connectivity index (χ1) is 9.65. The lowest BCUT2D eigenvalue weighted by molar-refractivity contribution is 1.34. The molecule has 0 aromatic heterocycles. The van der Waals surface area contributed by atoms with E-state index in [9.17, 15) is 5.26 Å². The Labute approximate surface area is 136 Å². The molecule has 0 amide bonds. The molecule has 0 saturated heterocycles. The number of nitrogens with one attached hydrogen (secondary N) is 1. The fourth-order valence-corrected chi connectivity index (χ4v) is 3.07. The highest BCUT2D eigenvalue weighted by molar-refractivity contribution is 9.10. The predicted octanol–water partition coefficient (Wildman–Crippen LogP) is 5.83. The van der Waals surface area contributed by atoms with Gasteiger partial charge in [-0.25, -0.2) is 0 Å². The van der Waals surface area contributed by atoms with Crippen LogP contribution >= 0.6 is 39.3 Å². The van der Waals surface area contributed by atoms with Crippen molar-refractivity contribution in [2.24, 2.45) is 0 Å². The maximum atomic E-state index is 9.39. The normalized spacial score (nSPS) is 10.1.